The van der Waals surface area contributed by atoms with E-state index in [0.29, 0.717) is 13.3 Å². The van der Waals surface area contributed by atoms with Crippen molar-refractivity contribution in [2.75, 3.05) is 13.3 Å². The van der Waals surface area contributed by atoms with Gasteiger partial charge < -0.3 is 4.74 Å². The molecule has 1 fully saturated rings. The monoisotopic (exact) mass is 87.0 g/mol. The summed E-state index contributed by atoms with van der Waals surface area (Å²) in [5.41, 5.74) is 0. The molecule has 0 bridgehead atoms. The average Bonchev–Trinajstić information content (AvgIpc) is 1.86. The average molecular weight is 87.1 g/mol. The Labute approximate surface area is 35.3 Å². The van der Waals surface area contributed by atoms with Crippen molar-refractivity contribution < 1.29 is 9.53 Å². The predicted octanol–water partition coefficient (Wildman–Crippen LogP) is -0.910. The maximum absolute atomic E-state index is 9.96. The topological polar surface area (TPSA) is 38.3 Å². The first-order valence-corrected chi connectivity index (χ1v) is 1.76. The molecule has 0 spiro atoms. The Kier molecular flexibility index (Phi) is 0.759. The van der Waals surface area contributed by atoms with Crippen LogP contribution < -0.4 is 5.32 Å². The molecule has 1 heterocycles. The smallest absolute Gasteiger partial charge is 0.321 e. The van der Waals surface area contributed by atoms with Gasteiger partial charge >= 0.3 is 5.97 Å². The summed E-state index contributed by atoms with van der Waals surface area (Å²) in [6.07, 6.45) is 0. The van der Waals surface area contributed by atoms with Crippen LogP contribution in [0.1, 0.15) is 0 Å². The lowest BCUT2D eigenvalue weighted by Crippen LogP contribution is -2.07. The first-order valence-electron chi connectivity index (χ1n) is 1.76. The van der Waals surface area contributed by atoms with Crippen LogP contribution in [0.25, 0.3) is 0 Å². The van der Waals surface area contributed by atoms with Crippen LogP contribution in [0.15, 0.2) is 0 Å². The Bertz CT molecular complexity index is 63.2. The van der Waals surface area contributed by atoms with Crippen LogP contribution in [0.5, 0.6) is 0 Å². The van der Waals surface area contributed by atoms with Gasteiger partial charge in [0.25, 0.3) is 0 Å². The van der Waals surface area contributed by atoms with E-state index in [-0.39, 0.29) is 5.97 Å². The number of esters is 1. The van der Waals surface area contributed by atoms with Crippen LogP contribution in [0.4, 0.5) is 0 Å². The van der Waals surface area contributed by atoms with Gasteiger partial charge in [-0.25, -0.2) is 0 Å². The molecule has 3 heteroatoms. The minimum absolute atomic E-state index is 0.157. The van der Waals surface area contributed by atoms with Crippen molar-refractivity contribution in [3.63, 3.8) is 0 Å². The van der Waals surface area contributed by atoms with Crippen LogP contribution in [-0.4, -0.2) is 19.2 Å². The Morgan fingerprint density at radius 2 is 2.67 bits per heavy atom. The summed E-state index contributed by atoms with van der Waals surface area (Å²) < 4.78 is 4.40. The molecule has 0 radical (unpaired) electrons. The third-order valence-corrected chi connectivity index (χ3v) is 0.605. The molecule has 0 amide bonds. The van der Waals surface area contributed by atoms with Gasteiger partial charge in [-0.3, -0.25) is 10.1 Å². The van der Waals surface area contributed by atoms with Crippen LogP contribution in [0, 0.1) is 0 Å². The second kappa shape index (κ2) is 1.26. The minimum atomic E-state index is -0.157. The largest absolute Gasteiger partial charge is 0.449 e. The van der Waals surface area contributed by atoms with E-state index in [9.17, 15) is 4.79 Å². The Morgan fingerprint density at radius 3 is 2.83 bits per heavy atom. The van der Waals surface area contributed by atoms with E-state index >= 15 is 0 Å². The SMILES string of the molecule is O=C1CNCO1. The van der Waals surface area contributed by atoms with E-state index in [1.54, 1.807) is 0 Å². The van der Waals surface area contributed by atoms with Gasteiger partial charge in [0.15, 0.2) is 0 Å². The number of nitrogens with one attached hydrogen (secondary N) is 1. The van der Waals surface area contributed by atoms with Crippen molar-refractivity contribution >= 4 is 5.97 Å². The fourth-order valence-electron chi connectivity index (χ4n) is 0.336. The van der Waals surface area contributed by atoms with Gasteiger partial charge in [0.2, 0.25) is 0 Å². The van der Waals surface area contributed by atoms with Gasteiger partial charge in [0, 0.05) is 0 Å². The molecule has 0 unspecified atom stereocenters. The molecule has 0 aromatic heterocycles. The highest BCUT2D eigenvalue weighted by molar-refractivity contribution is 5.72. The highest BCUT2D eigenvalue weighted by atomic mass is 16.6. The Hall–Kier alpha value is -0.570. The van der Waals surface area contributed by atoms with Crippen molar-refractivity contribution in [3.05, 3.63) is 0 Å². The minimum Gasteiger partial charge on any atom is -0.449 e. The van der Waals surface area contributed by atoms with Crippen molar-refractivity contribution in [1.82, 2.24) is 5.32 Å². The van der Waals surface area contributed by atoms with Crippen LogP contribution in [0.2, 0.25) is 0 Å². The van der Waals surface area contributed by atoms with Crippen LogP contribution in [0.3, 0.4) is 0 Å². The maximum Gasteiger partial charge on any atom is 0.321 e. The maximum atomic E-state index is 9.96. The fraction of sp³-hybridized carbons (Fsp3) is 0.667. The highest BCUT2D eigenvalue weighted by Crippen LogP contribution is 1.79. The van der Waals surface area contributed by atoms with Crippen molar-refractivity contribution in [2.24, 2.45) is 0 Å². The van der Waals surface area contributed by atoms with Gasteiger partial charge in [-0.05, 0) is 0 Å². The van der Waals surface area contributed by atoms with Crippen molar-refractivity contribution in [1.29, 1.82) is 0 Å². The summed E-state index contributed by atoms with van der Waals surface area (Å²) in [7, 11) is 0. The number of carbonyl (C=O) groups is 1. The first kappa shape index (κ1) is 3.61. The molecule has 0 atom stereocenters. The Balaban J connectivity index is 2.37. The molecule has 1 saturated heterocycles. The summed E-state index contributed by atoms with van der Waals surface area (Å²) >= 11 is 0. The lowest BCUT2D eigenvalue weighted by molar-refractivity contribution is -0.136. The second-order valence-corrected chi connectivity index (χ2v) is 1.09. The quantitative estimate of drug-likeness (QED) is 0.389. The molecule has 0 aliphatic carbocycles. The van der Waals surface area contributed by atoms with E-state index in [4.69, 9.17) is 0 Å². The normalized spacial score (nSPS) is 21.0. The second-order valence-electron chi connectivity index (χ2n) is 1.09. The number of hydrogen-bond acceptors (Lipinski definition) is 3. The molecular formula is C3H5NO2. The van der Waals surface area contributed by atoms with Gasteiger partial charge in [-0.15, -0.1) is 0 Å². The number of rotatable bonds is 0. The van der Waals surface area contributed by atoms with E-state index in [0.717, 1.165) is 0 Å². The van der Waals surface area contributed by atoms with E-state index in [2.05, 4.69) is 10.1 Å². The number of hydrogen-bond donors (Lipinski definition) is 1. The molecule has 1 N–H and O–H groups in total. The summed E-state index contributed by atoms with van der Waals surface area (Å²) in [4.78, 5) is 9.96. The molecule has 34 valence electrons. The molecule has 6 heavy (non-hydrogen) atoms. The number of ether oxygens (including phenoxy) is 1. The molecule has 0 aromatic carbocycles. The molecule has 0 aromatic rings. The predicted molar refractivity (Wildman–Crippen MR) is 19.0 cm³/mol. The molecule has 1 aliphatic heterocycles. The van der Waals surface area contributed by atoms with Gasteiger partial charge in [-0.2, -0.15) is 0 Å². The van der Waals surface area contributed by atoms with Gasteiger partial charge in [-0.1, -0.05) is 0 Å². The molecular weight excluding hydrogens is 82.0 g/mol. The van der Waals surface area contributed by atoms with Crippen LogP contribution in [-0.2, 0) is 9.53 Å². The molecule has 1 rings (SSSR count). The summed E-state index contributed by atoms with van der Waals surface area (Å²) in [5, 5.41) is 2.70. The fourth-order valence-corrected chi connectivity index (χ4v) is 0.336. The van der Waals surface area contributed by atoms with Gasteiger partial charge in [0.1, 0.15) is 6.73 Å². The van der Waals surface area contributed by atoms with E-state index in [1.807, 2.05) is 0 Å². The third-order valence-electron chi connectivity index (χ3n) is 0.605. The number of carbonyl (C=O) groups excluding carboxylic acids is 1. The molecule has 1 aliphatic rings. The van der Waals surface area contributed by atoms with E-state index < -0.39 is 0 Å². The Morgan fingerprint density at radius 1 is 1.83 bits per heavy atom. The summed E-state index contributed by atoms with van der Waals surface area (Å²) in [6, 6.07) is 0. The lowest BCUT2D eigenvalue weighted by Gasteiger charge is -1.79. The standard InChI is InChI=1S/C3H5NO2/c5-3-1-4-2-6-3/h4H,1-2H2. The summed E-state index contributed by atoms with van der Waals surface area (Å²) in [6.45, 7) is 0.763. The zero-order chi connectivity index (χ0) is 4.41. The summed E-state index contributed by atoms with van der Waals surface area (Å²) in [5.74, 6) is -0.157. The lowest BCUT2D eigenvalue weighted by atomic mass is 10.7. The number of cyclic esters (lactones) is 1. The van der Waals surface area contributed by atoms with Crippen molar-refractivity contribution in [2.45, 2.75) is 0 Å². The third kappa shape index (κ3) is 0.490. The molecule has 0 saturated carbocycles. The zero-order valence-electron chi connectivity index (χ0n) is 3.23. The molecule has 3 nitrogen and oxygen atoms in total. The highest BCUT2D eigenvalue weighted by Gasteiger charge is 2.06. The first-order chi connectivity index (χ1) is 2.89. The van der Waals surface area contributed by atoms with E-state index in [1.165, 1.54) is 0 Å². The van der Waals surface area contributed by atoms with Crippen LogP contribution >= 0.6 is 0 Å². The van der Waals surface area contributed by atoms with Crippen molar-refractivity contribution in [3.8, 4) is 0 Å². The van der Waals surface area contributed by atoms with Gasteiger partial charge in [0.05, 0.1) is 6.54 Å². The zero-order valence-corrected chi connectivity index (χ0v) is 3.23.